The van der Waals surface area contributed by atoms with E-state index in [1.165, 1.54) is 32.4 Å². The third kappa shape index (κ3) is 9.24. The summed E-state index contributed by atoms with van der Waals surface area (Å²) < 4.78 is 9.85. The van der Waals surface area contributed by atoms with Gasteiger partial charge in [-0.1, -0.05) is 13.3 Å². The Hall–Kier alpha value is -1.36. The number of piperidine rings is 1. The molecule has 0 bridgehead atoms. The van der Waals surface area contributed by atoms with Crippen molar-refractivity contribution >= 4 is 11.9 Å². The molecular weight excluding hydrogens is 270 g/mol. The molecule has 5 heteroatoms. The lowest BCUT2D eigenvalue weighted by atomic mass is 10.1. The van der Waals surface area contributed by atoms with Crippen molar-refractivity contribution in [3.63, 3.8) is 0 Å². The zero-order chi connectivity index (χ0) is 15.3. The number of unbranched alkanes of at least 4 members (excludes halogenated alkanes) is 1. The van der Waals surface area contributed by atoms with Gasteiger partial charge in [0.05, 0.1) is 13.2 Å². The Morgan fingerprint density at radius 1 is 0.952 bits per heavy atom. The summed E-state index contributed by atoms with van der Waals surface area (Å²) in [5, 5.41) is 0. The summed E-state index contributed by atoms with van der Waals surface area (Å²) in [6, 6.07) is 0. The van der Waals surface area contributed by atoms with Crippen molar-refractivity contribution < 1.29 is 19.1 Å². The Bertz CT molecular complexity index is 335. The fourth-order valence-electron chi connectivity index (χ4n) is 2.23. The number of hydrogen-bond acceptors (Lipinski definition) is 5. The quantitative estimate of drug-likeness (QED) is 0.371. The van der Waals surface area contributed by atoms with Crippen molar-refractivity contribution in [2.75, 3.05) is 32.8 Å². The number of likely N-dealkylation sites (tertiary alicyclic amines) is 1. The van der Waals surface area contributed by atoms with Crippen LogP contribution in [0.2, 0.25) is 0 Å². The maximum Gasteiger partial charge on any atom is 0.331 e. The van der Waals surface area contributed by atoms with E-state index in [4.69, 9.17) is 9.47 Å². The van der Waals surface area contributed by atoms with E-state index >= 15 is 0 Å². The summed E-state index contributed by atoms with van der Waals surface area (Å²) in [5.74, 6) is -0.986. The second-order valence-corrected chi connectivity index (χ2v) is 5.28. The van der Waals surface area contributed by atoms with Gasteiger partial charge in [-0.2, -0.15) is 0 Å². The molecule has 0 aromatic carbocycles. The zero-order valence-electron chi connectivity index (χ0n) is 13.0. The Morgan fingerprint density at radius 2 is 1.57 bits per heavy atom. The Balaban J connectivity index is 1.99. The molecule has 0 aliphatic carbocycles. The van der Waals surface area contributed by atoms with Crippen LogP contribution in [0.1, 0.15) is 45.4 Å². The molecule has 0 amide bonds. The lowest BCUT2D eigenvalue weighted by Crippen LogP contribution is -2.30. The third-order valence-corrected chi connectivity index (χ3v) is 3.37. The first kappa shape index (κ1) is 17.7. The van der Waals surface area contributed by atoms with Crippen molar-refractivity contribution in [3.8, 4) is 0 Å². The molecule has 1 fully saturated rings. The lowest BCUT2D eigenvalue weighted by molar-refractivity contribution is -0.140. The van der Waals surface area contributed by atoms with Gasteiger partial charge in [-0.25, -0.2) is 9.59 Å². The average Bonchev–Trinajstić information content (AvgIpc) is 2.51. The third-order valence-electron chi connectivity index (χ3n) is 3.37. The lowest BCUT2D eigenvalue weighted by Gasteiger charge is -2.26. The van der Waals surface area contributed by atoms with Gasteiger partial charge in [0.1, 0.15) is 0 Å². The van der Waals surface area contributed by atoms with Crippen LogP contribution >= 0.6 is 0 Å². The molecule has 0 aromatic heterocycles. The van der Waals surface area contributed by atoms with E-state index in [1.807, 2.05) is 6.92 Å². The summed E-state index contributed by atoms with van der Waals surface area (Å²) in [7, 11) is 0. The molecule has 1 aliphatic heterocycles. The minimum Gasteiger partial charge on any atom is -0.463 e. The van der Waals surface area contributed by atoms with E-state index in [-0.39, 0.29) is 0 Å². The van der Waals surface area contributed by atoms with Gasteiger partial charge in [0.2, 0.25) is 0 Å². The maximum atomic E-state index is 11.4. The highest BCUT2D eigenvalue weighted by molar-refractivity contribution is 5.91. The minimum absolute atomic E-state index is 0.370. The molecule has 0 N–H and O–H groups in total. The number of ether oxygens (including phenoxy) is 2. The molecular formula is C16H27NO4. The predicted molar refractivity (Wildman–Crippen MR) is 80.9 cm³/mol. The van der Waals surface area contributed by atoms with E-state index in [0.29, 0.717) is 13.2 Å². The number of carbonyl (C=O) groups is 2. The first-order valence-corrected chi connectivity index (χ1v) is 7.96. The highest BCUT2D eigenvalue weighted by Crippen LogP contribution is 2.09. The fourth-order valence-corrected chi connectivity index (χ4v) is 2.23. The molecule has 1 heterocycles. The van der Waals surface area contributed by atoms with E-state index in [1.54, 1.807) is 0 Å². The molecule has 1 aliphatic rings. The van der Waals surface area contributed by atoms with Crippen molar-refractivity contribution in [2.24, 2.45) is 0 Å². The fraction of sp³-hybridized carbons (Fsp3) is 0.750. The van der Waals surface area contributed by atoms with Gasteiger partial charge in [0.15, 0.2) is 0 Å². The molecule has 1 rings (SSSR count). The van der Waals surface area contributed by atoms with Gasteiger partial charge in [-0.05, 0) is 51.7 Å². The van der Waals surface area contributed by atoms with Gasteiger partial charge < -0.3 is 14.4 Å². The highest BCUT2D eigenvalue weighted by atomic mass is 16.5. The van der Waals surface area contributed by atoms with Crippen LogP contribution in [0.15, 0.2) is 12.2 Å². The van der Waals surface area contributed by atoms with Gasteiger partial charge in [-0.15, -0.1) is 0 Å². The summed E-state index contributed by atoms with van der Waals surface area (Å²) in [5.41, 5.74) is 0. The number of nitrogens with zero attached hydrogens (tertiary/aromatic N) is 1. The van der Waals surface area contributed by atoms with Crippen molar-refractivity contribution in [1.82, 2.24) is 4.90 Å². The van der Waals surface area contributed by atoms with Crippen LogP contribution in [-0.4, -0.2) is 49.7 Å². The smallest absolute Gasteiger partial charge is 0.331 e. The Morgan fingerprint density at radius 3 is 2.19 bits per heavy atom. The van der Waals surface area contributed by atoms with Crippen LogP contribution in [-0.2, 0) is 19.1 Å². The summed E-state index contributed by atoms with van der Waals surface area (Å²) >= 11 is 0. The number of esters is 2. The molecule has 0 spiro atoms. The second-order valence-electron chi connectivity index (χ2n) is 5.28. The van der Waals surface area contributed by atoms with Gasteiger partial charge in [0.25, 0.3) is 0 Å². The number of rotatable bonds is 9. The minimum atomic E-state index is -0.501. The highest BCUT2D eigenvalue weighted by Gasteiger charge is 2.09. The molecule has 21 heavy (non-hydrogen) atoms. The van der Waals surface area contributed by atoms with Gasteiger partial charge in [-0.3, -0.25) is 0 Å². The van der Waals surface area contributed by atoms with Crippen LogP contribution in [0.5, 0.6) is 0 Å². The summed E-state index contributed by atoms with van der Waals surface area (Å²) in [6.07, 6.45) is 8.85. The van der Waals surface area contributed by atoms with Crippen LogP contribution in [0.25, 0.3) is 0 Å². The molecule has 0 unspecified atom stereocenters. The molecule has 0 aromatic rings. The zero-order valence-corrected chi connectivity index (χ0v) is 13.0. The maximum absolute atomic E-state index is 11.4. The number of carbonyl (C=O) groups excluding carboxylic acids is 2. The normalized spacial score (nSPS) is 16.0. The molecule has 1 saturated heterocycles. The van der Waals surface area contributed by atoms with E-state index in [2.05, 4.69) is 4.90 Å². The largest absolute Gasteiger partial charge is 0.463 e. The number of hydrogen-bond donors (Lipinski definition) is 0. The van der Waals surface area contributed by atoms with Crippen molar-refractivity contribution in [3.05, 3.63) is 12.2 Å². The standard InChI is InChI=1S/C16H27NO4/c1-2-13-20-15(18)8-9-16(19)21-14-7-6-12-17-10-4-3-5-11-17/h8-9H,2-7,10-14H2,1H3/b9-8+. The van der Waals surface area contributed by atoms with Gasteiger partial charge >= 0.3 is 11.9 Å². The average molecular weight is 297 g/mol. The van der Waals surface area contributed by atoms with Crippen LogP contribution in [0.4, 0.5) is 0 Å². The topological polar surface area (TPSA) is 55.8 Å². The van der Waals surface area contributed by atoms with Crippen LogP contribution in [0.3, 0.4) is 0 Å². The molecule has 0 atom stereocenters. The molecule has 0 radical (unpaired) electrons. The Kier molecular flexibility index (Phi) is 9.53. The van der Waals surface area contributed by atoms with E-state index in [0.717, 1.165) is 38.0 Å². The van der Waals surface area contributed by atoms with Crippen LogP contribution < -0.4 is 0 Å². The molecule has 0 saturated carbocycles. The van der Waals surface area contributed by atoms with Gasteiger partial charge in [0, 0.05) is 12.2 Å². The molecule has 120 valence electrons. The molecule has 5 nitrogen and oxygen atoms in total. The van der Waals surface area contributed by atoms with Crippen LogP contribution in [0, 0.1) is 0 Å². The SMILES string of the molecule is CCCOC(=O)/C=C/C(=O)OCCCCN1CCCCC1. The second kappa shape index (κ2) is 11.3. The first-order chi connectivity index (χ1) is 10.2. The van der Waals surface area contributed by atoms with E-state index < -0.39 is 11.9 Å². The predicted octanol–water partition coefficient (Wildman–Crippen LogP) is 2.31. The summed E-state index contributed by atoms with van der Waals surface area (Å²) in [4.78, 5) is 25.0. The van der Waals surface area contributed by atoms with Crippen molar-refractivity contribution in [2.45, 2.75) is 45.4 Å². The Labute approximate surface area is 127 Å². The summed E-state index contributed by atoms with van der Waals surface area (Å²) in [6.45, 7) is 6.16. The van der Waals surface area contributed by atoms with Crippen molar-refractivity contribution in [1.29, 1.82) is 0 Å². The first-order valence-electron chi connectivity index (χ1n) is 7.96. The monoisotopic (exact) mass is 297 g/mol. The van der Waals surface area contributed by atoms with E-state index in [9.17, 15) is 9.59 Å².